The molecule has 2 aromatic carbocycles. The lowest BCUT2D eigenvalue weighted by atomic mass is 9.99. The monoisotopic (exact) mass is 497 g/mol. The van der Waals surface area contributed by atoms with Crippen LogP contribution in [0.3, 0.4) is 0 Å². The minimum atomic E-state index is -3.60. The van der Waals surface area contributed by atoms with Crippen molar-refractivity contribution in [3.63, 3.8) is 0 Å². The summed E-state index contributed by atoms with van der Waals surface area (Å²) in [4.78, 5) is 13.7. The highest BCUT2D eigenvalue weighted by molar-refractivity contribution is 7.89. The molecule has 1 aromatic heterocycles. The van der Waals surface area contributed by atoms with E-state index in [2.05, 4.69) is 19.8 Å². The molecule has 4 heterocycles. The number of nitrogens with zero attached hydrogens (tertiary/aromatic N) is 5. The molecule has 184 valence electrons. The van der Waals surface area contributed by atoms with Crippen LogP contribution < -0.4 is 19.1 Å². The number of ether oxygens (including phenoxy) is 3. The van der Waals surface area contributed by atoms with E-state index >= 15 is 0 Å². The van der Waals surface area contributed by atoms with Crippen LogP contribution in [0.1, 0.15) is 11.1 Å². The Hall–Kier alpha value is -3.15. The Morgan fingerprint density at radius 3 is 2.63 bits per heavy atom. The molecular formula is C24H27N5O5S. The third-order valence-corrected chi connectivity index (χ3v) is 9.00. The number of piperazine rings is 1. The largest absolute Gasteiger partial charge is 0.493 e. The number of rotatable bonds is 4. The van der Waals surface area contributed by atoms with Crippen LogP contribution in [0, 0.1) is 0 Å². The number of sulfonamides is 1. The Bertz CT molecular complexity index is 1410. The Morgan fingerprint density at radius 2 is 1.83 bits per heavy atom. The summed E-state index contributed by atoms with van der Waals surface area (Å²) in [5.41, 5.74) is 2.54. The molecule has 0 bridgehead atoms. The van der Waals surface area contributed by atoms with Gasteiger partial charge in [0.1, 0.15) is 17.7 Å². The van der Waals surface area contributed by atoms with E-state index in [1.54, 1.807) is 17.5 Å². The molecule has 35 heavy (non-hydrogen) atoms. The van der Waals surface area contributed by atoms with Gasteiger partial charge in [0.15, 0.2) is 11.5 Å². The first-order valence-corrected chi connectivity index (χ1v) is 13.1. The fourth-order valence-corrected chi connectivity index (χ4v) is 6.76. The molecule has 6 rings (SSSR count). The Kier molecular flexibility index (Phi) is 5.42. The van der Waals surface area contributed by atoms with Crippen LogP contribution in [-0.2, 0) is 23.0 Å². The van der Waals surface area contributed by atoms with Crippen LogP contribution in [0.4, 0.5) is 5.82 Å². The van der Waals surface area contributed by atoms with E-state index in [0.29, 0.717) is 66.1 Å². The Morgan fingerprint density at radius 1 is 1.03 bits per heavy atom. The molecule has 0 N–H and O–H groups in total. The highest BCUT2D eigenvalue weighted by Crippen LogP contribution is 2.47. The predicted molar refractivity (Wildman–Crippen MR) is 130 cm³/mol. The first kappa shape index (κ1) is 22.3. The van der Waals surface area contributed by atoms with E-state index in [4.69, 9.17) is 14.2 Å². The summed E-state index contributed by atoms with van der Waals surface area (Å²) in [6, 6.07) is 7.47. The molecule has 1 fully saturated rings. The fraction of sp³-hybridized carbons (Fsp3) is 0.417. The lowest BCUT2D eigenvalue weighted by Crippen LogP contribution is -2.47. The summed E-state index contributed by atoms with van der Waals surface area (Å²) in [5.74, 6) is 2.34. The Labute approximate surface area is 204 Å². The standard InChI is InChI=1S/C24H27N5O5S/c1-27-8-10-29(11-9-27)35(30,31)20-5-3-4-16-6-7-28(13-18(16)20)24-17-12-19(32-2)22-23(34-15-33-22)21(17)25-14-26-24/h3-5,12,14H,6-11,13,15H2,1-2H3. The highest BCUT2D eigenvalue weighted by Gasteiger charge is 2.33. The molecule has 0 radical (unpaired) electrons. The summed E-state index contributed by atoms with van der Waals surface area (Å²) < 4.78 is 45.7. The van der Waals surface area contributed by atoms with Gasteiger partial charge in [-0.3, -0.25) is 0 Å². The quantitative estimate of drug-likeness (QED) is 0.535. The summed E-state index contributed by atoms with van der Waals surface area (Å²) in [6.45, 7) is 3.69. The van der Waals surface area contributed by atoms with Gasteiger partial charge >= 0.3 is 0 Å². The molecule has 3 aromatic rings. The minimum absolute atomic E-state index is 0.106. The number of anilines is 1. The average Bonchev–Trinajstić information content (AvgIpc) is 3.38. The zero-order valence-corrected chi connectivity index (χ0v) is 20.5. The van der Waals surface area contributed by atoms with Crippen LogP contribution >= 0.6 is 0 Å². The van der Waals surface area contributed by atoms with E-state index in [1.807, 2.05) is 25.2 Å². The van der Waals surface area contributed by atoms with Gasteiger partial charge in [-0.1, -0.05) is 12.1 Å². The third kappa shape index (κ3) is 3.65. The smallest absolute Gasteiger partial charge is 0.243 e. The van der Waals surface area contributed by atoms with Crippen molar-refractivity contribution in [2.24, 2.45) is 0 Å². The number of hydrogen-bond donors (Lipinski definition) is 0. The van der Waals surface area contributed by atoms with Crippen molar-refractivity contribution in [3.05, 3.63) is 41.7 Å². The van der Waals surface area contributed by atoms with Crippen molar-refractivity contribution < 1.29 is 22.6 Å². The first-order chi connectivity index (χ1) is 17.0. The van der Waals surface area contributed by atoms with Crippen molar-refractivity contribution >= 4 is 26.7 Å². The number of benzene rings is 2. The fourth-order valence-electron chi connectivity index (χ4n) is 5.08. The van der Waals surface area contributed by atoms with Gasteiger partial charge in [0.25, 0.3) is 0 Å². The maximum absolute atomic E-state index is 13.6. The van der Waals surface area contributed by atoms with Crippen molar-refractivity contribution in [3.8, 4) is 17.2 Å². The van der Waals surface area contributed by atoms with Crippen LogP contribution in [0.2, 0.25) is 0 Å². The second kappa shape index (κ2) is 8.51. The minimum Gasteiger partial charge on any atom is -0.493 e. The molecule has 10 nitrogen and oxygen atoms in total. The lowest BCUT2D eigenvalue weighted by molar-refractivity contribution is 0.172. The molecule has 3 aliphatic rings. The zero-order valence-electron chi connectivity index (χ0n) is 19.7. The van der Waals surface area contributed by atoms with Gasteiger partial charge in [0, 0.05) is 39.3 Å². The number of hydrogen-bond acceptors (Lipinski definition) is 9. The molecule has 0 atom stereocenters. The van der Waals surface area contributed by atoms with Crippen LogP contribution in [0.5, 0.6) is 17.2 Å². The van der Waals surface area contributed by atoms with Gasteiger partial charge < -0.3 is 24.0 Å². The van der Waals surface area contributed by atoms with E-state index in [1.165, 1.54) is 6.33 Å². The number of fused-ring (bicyclic) bond motifs is 4. The van der Waals surface area contributed by atoms with E-state index in [0.717, 1.165) is 29.6 Å². The molecule has 3 aliphatic heterocycles. The van der Waals surface area contributed by atoms with E-state index in [9.17, 15) is 8.42 Å². The van der Waals surface area contributed by atoms with Gasteiger partial charge in [-0.15, -0.1) is 0 Å². The van der Waals surface area contributed by atoms with Crippen LogP contribution in [0.15, 0.2) is 35.5 Å². The maximum atomic E-state index is 13.6. The molecule has 0 spiro atoms. The topological polar surface area (TPSA) is 97.3 Å². The second-order valence-electron chi connectivity index (χ2n) is 9.01. The number of methoxy groups -OCH3 is 1. The average molecular weight is 498 g/mol. The lowest BCUT2D eigenvalue weighted by Gasteiger charge is -2.34. The van der Waals surface area contributed by atoms with E-state index < -0.39 is 10.0 Å². The highest BCUT2D eigenvalue weighted by atomic mass is 32.2. The van der Waals surface area contributed by atoms with Crippen molar-refractivity contribution in [2.75, 3.05) is 58.6 Å². The number of likely N-dealkylation sites (N-methyl/N-ethyl adjacent to an activating group) is 1. The van der Waals surface area contributed by atoms with E-state index in [-0.39, 0.29) is 6.79 Å². The third-order valence-electron chi connectivity index (χ3n) is 7.02. The van der Waals surface area contributed by atoms with Crippen LogP contribution in [0.25, 0.3) is 10.9 Å². The molecule has 0 aliphatic carbocycles. The molecule has 11 heteroatoms. The van der Waals surface area contributed by atoms with Gasteiger partial charge in [0.2, 0.25) is 22.6 Å². The molecule has 0 amide bonds. The van der Waals surface area contributed by atoms with Crippen LogP contribution in [-0.4, -0.2) is 81.3 Å². The summed E-state index contributed by atoms with van der Waals surface area (Å²) in [6.07, 6.45) is 2.23. The molecule has 1 saturated heterocycles. The van der Waals surface area contributed by atoms with Gasteiger partial charge in [-0.2, -0.15) is 4.31 Å². The van der Waals surface area contributed by atoms with Gasteiger partial charge in [-0.05, 0) is 36.7 Å². The maximum Gasteiger partial charge on any atom is 0.243 e. The van der Waals surface area contributed by atoms with Crippen molar-refractivity contribution in [1.29, 1.82) is 0 Å². The molecular weight excluding hydrogens is 470 g/mol. The molecule has 0 saturated carbocycles. The Balaban J connectivity index is 1.40. The zero-order chi connectivity index (χ0) is 24.2. The summed E-state index contributed by atoms with van der Waals surface area (Å²) >= 11 is 0. The predicted octanol–water partition coefficient (Wildman–Crippen LogP) is 1.87. The first-order valence-electron chi connectivity index (χ1n) is 11.6. The van der Waals surface area contributed by atoms with Crippen molar-refractivity contribution in [1.82, 2.24) is 19.2 Å². The second-order valence-corrected chi connectivity index (χ2v) is 10.9. The summed E-state index contributed by atoms with van der Waals surface area (Å²) in [5, 5.41) is 0.774. The SMILES string of the molecule is COc1cc2c(N3CCc4cccc(S(=O)(=O)N5CCN(C)CC5)c4C3)ncnc2c2c1OCO2. The normalized spacial score (nSPS) is 18.6. The number of aromatic nitrogens is 2. The summed E-state index contributed by atoms with van der Waals surface area (Å²) in [7, 11) is -0.00675. The molecule has 0 unspecified atom stereocenters. The van der Waals surface area contributed by atoms with Crippen molar-refractivity contribution in [2.45, 2.75) is 17.9 Å². The van der Waals surface area contributed by atoms with Gasteiger partial charge in [0.05, 0.1) is 17.4 Å². The van der Waals surface area contributed by atoms with Gasteiger partial charge in [-0.25, -0.2) is 18.4 Å².